The summed E-state index contributed by atoms with van der Waals surface area (Å²) in [5.74, 6) is 0.451. The van der Waals surface area contributed by atoms with E-state index in [9.17, 15) is 9.90 Å². The first kappa shape index (κ1) is 14.2. The smallest absolute Gasteiger partial charge is 0.346 e. The molecule has 112 valence electrons. The molecule has 1 aliphatic rings. The molecule has 0 aromatic carbocycles. The van der Waals surface area contributed by atoms with Gasteiger partial charge in [0.25, 0.3) is 0 Å². The van der Waals surface area contributed by atoms with Gasteiger partial charge in [-0.2, -0.15) is 0 Å². The molecule has 0 radical (unpaired) electrons. The van der Waals surface area contributed by atoms with Gasteiger partial charge in [-0.15, -0.1) is 11.3 Å². The average molecular weight is 306 g/mol. The lowest BCUT2D eigenvalue weighted by atomic mass is 10.1. The number of carbonyl (C=O) groups is 1. The maximum Gasteiger partial charge on any atom is 0.346 e. The largest absolute Gasteiger partial charge is 0.477 e. The number of anilines is 1. The van der Waals surface area contributed by atoms with Gasteiger partial charge in [-0.3, -0.25) is 0 Å². The van der Waals surface area contributed by atoms with Gasteiger partial charge in [0.2, 0.25) is 0 Å². The van der Waals surface area contributed by atoms with Crippen molar-refractivity contribution in [2.45, 2.75) is 13.3 Å². The Morgan fingerprint density at radius 2 is 2.38 bits per heavy atom. The molecule has 0 bridgehead atoms. The van der Waals surface area contributed by atoms with Gasteiger partial charge in [-0.25, -0.2) is 14.8 Å². The second kappa shape index (κ2) is 5.57. The lowest BCUT2D eigenvalue weighted by Gasteiger charge is -2.12. The van der Waals surface area contributed by atoms with E-state index in [1.807, 2.05) is 6.92 Å². The number of thiophene rings is 1. The van der Waals surface area contributed by atoms with Crippen molar-refractivity contribution in [3.8, 4) is 0 Å². The molecule has 2 N–H and O–H groups in total. The first-order valence-electron chi connectivity index (χ1n) is 6.96. The highest BCUT2D eigenvalue weighted by Crippen LogP contribution is 2.33. The zero-order chi connectivity index (χ0) is 15.0. The summed E-state index contributed by atoms with van der Waals surface area (Å²) >= 11 is 1.21. The molecule has 1 aliphatic heterocycles. The molecule has 1 fully saturated rings. The molecule has 1 saturated heterocycles. The van der Waals surface area contributed by atoms with Crippen molar-refractivity contribution in [3.05, 3.63) is 16.8 Å². The van der Waals surface area contributed by atoms with Crippen molar-refractivity contribution >= 4 is 33.3 Å². The molecule has 0 spiro atoms. The predicted molar refractivity (Wildman–Crippen MR) is 83.2 cm³/mol. The number of carboxylic acid groups (broad SMARTS) is 1. The number of aromatic carboxylic acids is 1. The van der Waals surface area contributed by atoms with Gasteiger partial charge >= 0.3 is 5.97 Å². The summed E-state index contributed by atoms with van der Waals surface area (Å²) < 4.78 is 0. The maximum absolute atomic E-state index is 11.2. The van der Waals surface area contributed by atoms with Crippen molar-refractivity contribution < 1.29 is 9.90 Å². The van der Waals surface area contributed by atoms with E-state index >= 15 is 0 Å². The Morgan fingerprint density at radius 1 is 1.57 bits per heavy atom. The van der Waals surface area contributed by atoms with Gasteiger partial charge in [-0.1, -0.05) is 0 Å². The topological polar surface area (TPSA) is 78.3 Å². The van der Waals surface area contributed by atoms with Gasteiger partial charge in [-0.05, 0) is 38.4 Å². The van der Waals surface area contributed by atoms with Crippen molar-refractivity contribution in [2.75, 3.05) is 32.0 Å². The molecule has 2 aromatic rings. The molecule has 21 heavy (non-hydrogen) atoms. The Morgan fingerprint density at radius 3 is 3.05 bits per heavy atom. The number of aromatic nitrogens is 2. The van der Waals surface area contributed by atoms with Crippen LogP contribution in [-0.2, 0) is 0 Å². The van der Waals surface area contributed by atoms with Gasteiger partial charge in [0.1, 0.15) is 21.9 Å². The lowest BCUT2D eigenvalue weighted by Crippen LogP contribution is -2.19. The maximum atomic E-state index is 11.2. The zero-order valence-corrected chi connectivity index (χ0v) is 12.9. The van der Waals surface area contributed by atoms with Crippen LogP contribution in [0.4, 0.5) is 5.82 Å². The number of rotatable bonds is 4. The number of carboxylic acids is 1. The van der Waals surface area contributed by atoms with Crippen molar-refractivity contribution in [2.24, 2.45) is 5.92 Å². The molecule has 7 heteroatoms. The summed E-state index contributed by atoms with van der Waals surface area (Å²) in [5, 5.41) is 13.4. The third kappa shape index (κ3) is 2.71. The van der Waals surface area contributed by atoms with E-state index in [-0.39, 0.29) is 0 Å². The van der Waals surface area contributed by atoms with E-state index in [0.29, 0.717) is 10.8 Å². The summed E-state index contributed by atoms with van der Waals surface area (Å²) in [6.07, 6.45) is 2.67. The van der Waals surface area contributed by atoms with Crippen LogP contribution in [0.3, 0.4) is 0 Å². The van der Waals surface area contributed by atoms with E-state index < -0.39 is 5.97 Å². The number of fused-ring (bicyclic) bond motifs is 1. The van der Waals surface area contributed by atoms with Crippen LogP contribution in [0.15, 0.2) is 6.33 Å². The molecule has 0 saturated carbocycles. The predicted octanol–water partition coefficient (Wildman–Crippen LogP) is 2.06. The van der Waals surface area contributed by atoms with Crippen molar-refractivity contribution in [1.29, 1.82) is 0 Å². The number of aryl methyl sites for hydroxylation is 1. The van der Waals surface area contributed by atoms with Gasteiger partial charge in [0.05, 0.1) is 5.39 Å². The molecule has 3 rings (SSSR count). The monoisotopic (exact) mass is 306 g/mol. The number of hydrogen-bond donors (Lipinski definition) is 2. The van der Waals surface area contributed by atoms with Crippen molar-refractivity contribution in [3.63, 3.8) is 0 Å². The van der Waals surface area contributed by atoms with Crippen LogP contribution in [-0.4, -0.2) is 52.6 Å². The molecular formula is C14H18N4O2S. The van der Waals surface area contributed by atoms with Crippen LogP contribution >= 0.6 is 11.3 Å². The Labute approximate surface area is 126 Å². The highest BCUT2D eigenvalue weighted by Gasteiger charge is 2.21. The SMILES string of the molecule is Cc1c(C(=O)O)sc2ncnc(NCC3CCN(C)C3)c12. The van der Waals surface area contributed by atoms with Gasteiger partial charge < -0.3 is 15.3 Å². The minimum absolute atomic E-state index is 0.342. The molecule has 2 aromatic heterocycles. The van der Waals surface area contributed by atoms with Crippen LogP contribution in [0, 0.1) is 12.8 Å². The Kier molecular flexibility index (Phi) is 3.77. The summed E-state index contributed by atoms with van der Waals surface area (Å²) in [4.78, 5) is 23.1. The van der Waals surface area contributed by atoms with Crippen LogP contribution in [0.25, 0.3) is 10.2 Å². The van der Waals surface area contributed by atoms with Crippen LogP contribution in [0.1, 0.15) is 21.7 Å². The fourth-order valence-electron chi connectivity index (χ4n) is 2.84. The third-order valence-electron chi connectivity index (χ3n) is 3.97. The average Bonchev–Trinajstić information content (AvgIpc) is 3.01. The van der Waals surface area contributed by atoms with Crippen molar-refractivity contribution in [1.82, 2.24) is 14.9 Å². The van der Waals surface area contributed by atoms with E-state index in [1.165, 1.54) is 24.1 Å². The quantitative estimate of drug-likeness (QED) is 0.900. The second-order valence-electron chi connectivity index (χ2n) is 5.56. The Hall–Kier alpha value is -1.73. The third-order valence-corrected chi connectivity index (χ3v) is 5.16. The molecule has 0 aliphatic carbocycles. The van der Waals surface area contributed by atoms with Gasteiger partial charge in [0.15, 0.2) is 0 Å². The second-order valence-corrected chi connectivity index (χ2v) is 6.56. The number of nitrogens with zero attached hydrogens (tertiary/aromatic N) is 3. The standard InChI is InChI=1S/C14H18N4O2S/c1-8-10-12(15-5-9-3-4-18(2)6-9)16-7-17-13(10)21-11(8)14(19)20/h7,9H,3-6H2,1-2H3,(H,19,20)(H,15,16,17). The van der Waals surface area contributed by atoms with E-state index in [4.69, 9.17) is 0 Å². The summed E-state index contributed by atoms with van der Waals surface area (Å²) in [6.45, 7) is 4.89. The van der Waals surface area contributed by atoms with E-state index in [0.717, 1.165) is 41.2 Å². The first-order valence-corrected chi connectivity index (χ1v) is 7.77. The fraction of sp³-hybridized carbons (Fsp3) is 0.500. The zero-order valence-electron chi connectivity index (χ0n) is 12.1. The normalized spacial score (nSPS) is 19.2. The molecule has 1 atom stereocenters. The molecular weight excluding hydrogens is 288 g/mol. The van der Waals surface area contributed by atoms with Crippen LogP contribution in [0.2, 0.25) is 0 Å². The summed E-state index contributed by atoms with van der Waals surface area (Å²) in [6, 6.07) is 0. The fourth-order valence-corrected chi connectivity index (χ4v) is 3.83. The minimum atomic E-state index is -0.904. The molecule has 1 unspecified atom stereocenters. The molecule has 3 heterocycles. The molecule has 6 nitrogen and oxygen atoms in total. The van der Waals surface area contributed by atoms with E-state index in [1.54, 1.807) is 0 Å². The molecule has 0 amide bonds. The first-order chi connectivity index (χ1) is 10.1. The number of hydrogen-bond acceptors (Lipinski definition) is 6. The van der Waals surface area contributed by atoms with Crippen LogP contribution in [0.5, 0.6) is 0 Å². The number of nitrogens with one attached hydrogen (secondary N) is 1. The Balaban J connectivity index is 1.86. The Bertz CT molecular complexity index is 685. The van der Waals surface area contributed by atoms with Crippen LogP contribution < -0.4 is 5.32 Å². The highest BCUT2D eigenvalue weighted by molar-refractivity contribution is 7.20. The van der Waals surface area contributed by atoms with Gasteiger partial charge in [0, 0.05) is 13.1 Å². The minimum Gasteiger partial charge on any atom is -0.477 e. The summed E-state index contributed by atoms with van der Waals surface area (Å²) in [7, 11) is 2.13. The lowest BCUT2D eigenvalue weighted by molar-refractivity contribution is 0.0701. The van der Waals surface area contributed by atoms with E-state index in [2.05, 4.69) is 27.2 Å². The summed E-state index contributed by atoms with van der Waals surface area (Å²) in [5.41, 5.74) is 0.745. The highest BCUT2D eigenvalue weighted by atomic mass is 32.1. The number of likely N-dealkylation sites (tertiary alicyclic amines) is 1.